The minimum atomic E-state index is -0.517. The van der Waals surface area contributed by atoms with Crippen molar-refractivity contribution in [1.82, 2.24) is 19.1 Å². The smallest absolute Gasteiger partial charge is 0.298 e. The SMILES string of the molecule is Cc1ccc(C=NNc2nc3c(c(=O)[nH]c(=O)n3C)n2Cc2cccc3ccccc23)cc1. The second kappa shape index (κ2) is 8.23. The van der Waals surface area contributed by atoms with Crippen molar-refractivity contribution in [3.05, 3.63) is 104 Å². The number of hydrogen-bond acceptors (Lipinski definition) is 5. The molecule has 0 aliphatic carbocycles. The van der Waals surface area contributed by atoms with Gasteiger partial charge in [-0.2, -0.15) is 10.1 Å². The molecule has 0 bridgehead atoms. The zero-order valence-electron chi connectivity index (χ0n) is 18.2. The van der Waals surface area contributed by atoms with Crippen LogP contribution in [0.2, 0.25) is 0 Å². The Morgan fingerprint density at radius 3 is 2.61 bits per heavy atom. The zero-order valence-corrected chi connectivity index (χ0v) is 18.2. The summed E-state index contributed by atoms with van der Waals surface area (Å²) < 4.78 is 3.08. The molecule has 5 rings (SSSR count). The molecule has 0 spiro atoms. The third-order valence-electron chi connectivity index (χ3n) is 5.67. The van der Waals surface area contributed by atoms with E-state index in [1.54, 1.807) is 17.8 Å². The number of imidazole rings is 1. The molecule has 0 fully saturated rings. The van der Waals surface area contributed by atoms with Crippen LogP contribution in [0.15, 0.2) is 81.4 Å². The lowest BCUT2D eigenvalue weighted by molar-refractivity contribution is 0.811. The Kier molecular flexibility index (Phi) is 5.10. The number of H-pyrrole nitrogens is 1. The van der Waals surface area contributed by atoms with E-state index < -0.39 is 11.2 Å². The Morgan fingerprint density at radius 2 is 1.79 bits per heavy atom. The first-order valence-corrected chi connectivity index (χ1v) is 10.5. The van der Waals surface area contributed by atoms with Crippen LogP contribution in [0.3, 0.4) is 0 Å². The van der Waals surface area contributed by atoms with E-state index in [1.165, 1.54) is 4.57 Å². The maximum Gasteiger partial charge on any atom is 0.329 e. The van der Waals surface area contributed by atoms with Crippen LogP contribution in [0, 0.1) is 6.92 Å². The normalized spacial score (nSPS) is 11.6. The summed E-state index contributed by atoms with van der Waals surface area (Å²) in [5.41, 5.74) is 5.66. The number of nitrogens with zero attached hydrogens (tertiary/aromatic N) is 4. The monoisotopic (exact) mass is 438 g/mol. The van der Waals surface area contributed by atoms with Crippen LogP contribution in [-0.4, -0.2) is 25.3 Å². The van der Waals surface area contributed by atoms with Gasteiger partial charge in [0.15, 0.2) is 11.2 Å². The lowest BCUT2D eigenvalue weighted by Crippen LogP contribution is -2.29. The number of hydrogen-bond donors (Lipinski definition) is 2. The molecule has 0 aliphatic rings. The number of aromatic amines is 1. The van der Waals surface area contributed by atoms with Crippen LogP contribution in [0.4, 0.5) is 5.95 Å². The van der Waals surface area contributed by atoms with Crippen LogP contribution >= 0.6 is 0 Å². The molecule has 2 heterocycles. The van der Waals surface area contributed by atoms with Gasteiger partial charge in [0.2, 0.25) is 5.95 Å². The number of nitrogens with one attached hydrogen (secondary N) is 2. The molecule has 3 aromatic carbocycles. The average molecular weight is 438 g/mol. The number of aromatic nitrogens is 4. The molecule has 0 amide bonds. The van der Waals surface area contributed by atoms with Crippen LogP contribution in [0.5, 0.6) is 0 Å². The Bertz CT molecular complexity index is 1620. The van der Waals surface area contributed by atoms with Gasteiger partial charge in [-0.3, -0.25) is 18.9 Å². The van der Waals surface area contributed by atoms with Crippen molar-refractivity contribution in [2.75, 3.05) is 5.43 Å². The van der Waals surface area contributed by atoms with Crippen molar-refractivity contribution in [3.8, 4) is 0 Å². The first kappa shape index (κ1) is 20.4. The molecule has 33 heavy (non-hydrogen) atoms. The summed E-state index contributed by atoms with van der Waals surface area (Å²) in [4.78, 5) is 31.8. The zero-order chi connectivity index (χ0) is 22.9. The van der Waals surface area contributed by atoms with Gasteiger partial charge in [-0.1, -0.05) is 72.3 Å². The number of anilines is 1. The molecule has 0 aliphatic heterocycles. The predicted octanol–water partition coefficient (Wildman–Crippen LogP) is 3.38. The number of rotatable bonds is 5. The van der Waals surface area contributed by atoms with Gasteiger partial charge in [0.25, 0.3) is 5.56 Å². The number of hydrazone groups is 1. The first-order chi connectivity index (χ1) is 16.0. The van der Waals surface area contributed by atoms with Crippen molar-refractivity contribution < 1.29 is 0 Å². The highest BCUT2D eigenvalue weighted by Crippen LogP contribution is 2.23. The molecular weight excluding hydrogens is 416 g/mol. The van der Waals surface area contributed by atoms with Crippen molar-refractivity contribution in [2.24, 2.45) is 12.1 Å². The molecule has 0 unspecified atom stereocenters. The van der Waals surface area contributed by atoms with Crippen molar-refractivity contribution >= 4 is 34.1 Å². The number of benzene rings is 3. The Morgan fingerprint density at radius 1 is 1.03 bits per heavy atom. The van der Waals surface area contributed by atoms with E-state index in [0.717, 1.165) is 27.5 Å². The standard InChI is InChI=1S/C25H22N6O2/c1-16-10-12-17(13-11-16)14-26-29-24-27-22-21(23(32)28-25(33)30(22)2)31(24)15-19-8-5-7-18-6-3-4-9-20(18)19/h3-14H,15H2,1-2H3,(H,27,29)(H,28,32,33). The summed E-state index contributed by atoms with van der Waals surface area (Å²) in [7, 11) is 1.58. The van der Waals surface area contributed by atoms with Crippen LogP contribution in [0.25, 0.3) is 21.9 Å². The van der Waals surface area contributed by atoms with Gasteiger partial charge in [0.05, 0.1) is 12.8 Å². The van der Waals surface area contributed by atoms with Gasteiger partial charge in [0.1, 0.15) is 0 Å². The average Bonchev–Trinajstić information content (AvgIpc) is 3.18. The molecule has 0 saturated heterocycles. The maximum atomic E-state index is 12.8. The molecule has 8 heteroatoms. The van der Waals surface area contributed by atoms with Gasteiger partial charge in [-0.05, 0) is 28.8 Å². The quantitative estimate of drug-likeness (QED) is 0.325. The lowest BCUT2D eigenvalue weighted by Gasteiger charge is -2.11. The van der Waals surface area contributed by atoms with E-state index in [9.17, 15) is 9.59 Å². The summed E-state index contributed by atoms with van der Waals surface area (Å²) in [6.07, 6.45) is 1.68. The molecule has 0 atom stereocenters. The molecule has 8 nitrogen and oxygen atoms in total. The van der Waals surface area contributed by atoms with Crippen molar-refractivity contribution in [1.29, 1.82) is 0 Å². The molecule has 0 radical (unpaired) electrons. The van der Waals surface area contributed by atoms with Gasteiger partial charge in [-0.15, -0.1) is 0 Å². The predicted molar refractivity (Wildman–Crippen MR) is 131 cm³/mol. The molecular formula is C25H22N6O2. The van der Waals surface area contributed by atoms with Gasteiger partial charge >= 0.3 is 5.69 Å². The van der Waals surface area contributed by atoms with Gasteiger partial charge in [0, 0.05) is 7.05 Å². The van der Waals surface area contributed by atoms with Gasteiger partial charge < -0.3 is 0 Å². The topological polar surface area (TPSA) is 97.1 Å². The molecule has 0 saturated carbocycles. The fraction of sp³-hybridized carbons (Fsp3) is 0.120. The second-order valence-corrected chi connectivity index (χ2v) is 7.93. The van der Waals surface area contributed by atoms with E-state index in [0.29, 0.717) is 18.0 Å². The molecule has 5 aromatic rings. The van der Waals surface area contributed by atoms with E-state index in [2.05, 4.69) is 20.5 Å². The Balaban J connectivity index is 1.62. The summed E-state index contributed by atoms with van der Waals surface area (Å²) in [5, 5.41) is 6.51. The van der Waals surface area contributed by atoms with Crippen molar-refractivity contribution in [2.45, 2.75) is 13.5 Å². The third kappa shape index (κ3) is 3.82. The fourth-order valence-corrected chi connectivity index (χ4v) is 3.89. The van der Waals surface area contributed by atoms with E-state index in [4.69, 9.17) is 0 Å². The Labute approximate surface area is 188 Å². The van der Waals surface area contributed by atoms with E-state index in [1.807, 2.05) is 73.7 Å². The molecule has 164 valence electrons. The van der Waals surface area contributed by atoms with Crippen molar-refractivity contribution in [3.63, 3.8) is 0 Å². The van der Waals surface area contributed by atoms with Gasteiger partial charge in [-0.25, -0.2) is 10.2 Å². The van der Waals surface area contributed by atoms with E-state index >= 15 is 0 Å². The highest BCUT2D eigenvalue weighted by atomic mass is 16.2. The summed E-state index contributed by atoms with van der Waals surface area (Å²) >= 11 is 0. The summed E-state index contributed by atoms with van der Waals surface area (Å²) in [6, 6.07) is 22.1. The van der Waals surface area contributed by atoms with Crippen LogP contribution in [-0.2, 0) is 13.6 Å². The second-order valence-electron chi connectivity index (χ2n) is 7.93. The Hall–Kier alpha value is -4.46. The number of fused-ring (bicyclic) bond motifs is 2. The first-order valence-electron chi connectivity index (χ1n) is 10.5. The molecule has 2 aromatic heterocycles. The molecule has 2 N–H and O–H groups in total. The summed E-state index contributed by atoms with van der Waals surface area (Å²) in [6.45, 7) is 2.40. The summed E-state index contributed by atoms with van der Waals surface area (Å²) in [5.74, 6) is 0.369. The minimum absolute atomic E-state index is 0.289. The van der Waals surface area contributed by atoms with E-state index in [-0.39, 0.29) is 5.65 Å². The largest absolute Gasteiger partial charge is 0.329 e. The highest BCUT2D eigenvalue weighted by Gasteiger charge is 2.18. The fourth-order valence-electron chi connectivity index (χ4n) is 3.89. The number of aryl methyl sites for hydroxylation is 2. The van der Waals surface area contributed by atoms with Crippen LogP contribution < -0.4 is 16.7 Å². The maximum absolute atomic E-state index is 12.8. The minimum Gasteiger partial charge on any atom is -0.298 e. The van der Waals surface area contributed by atoms with Crippen LogP contribution in [0.1, 0.15) is 16.7 Å². The highest BCUT2D eigenvalue weighted by molar-refractivity contribution is 5.86. The lowest BCUT2D eigenvalue weighted by atomic mass is 10.0. The third-order valence-corrected chi connectivity index (χ3v) is 5.67.